The van der Waals surface area contributed by atoms with Crippen LogP contribution in [0, 0.1) is 11.8 Å². The summed E-state index contributed by atoms with van der Waals surface area (Å²) in [5, 5.41) is 0. The smallest absolute Gasteiger partial charge is 0.249 e. The number of ether oxygens (including phenoxy) is 1. The van der Waals surface area contributed by atoms with Gasteiger partial charge in [-0.25, -0.2) is 0 Å². The molecule has 2 rings (SSSR count). The van der Waals surface area contributed by atoms with E-state index >= 15 is 0 Å². The first-order valence-corrected chi connectivity index (χ1v) is 5.76. The lowest BCUT2D eigenvalue weighted by atomic mass is 10.1. The summed E-state index contributed by atoms with van der Waals surface area (Å²) >= 11 is 0. The van der Waals surface area contributed by atoms with Crippen LogP contribution in [0.4, 0.5) is 0 Å². The first kappa shape index (κ1) is 12.7. The van der Waals surface area contributed by atoms with Gasteiger partial charge in [-0.2, -0.15) is 0 Å². The number of primary amides is 1. The summed E-state index contributed by atoms with van der Waals surface area (Å²) in [6, 6.07) is 14.5. The number of hydrogen-bond acceptors (Lipinski definition) is 2. The molecule has 0 bridgehead atoms. The lowest BCUT2D eigenvalue weighted by Crippen LogP contribution is -2.12. The number of carbonyl (C=O) groups is 1. The topological polar surface area (TPSA) is 52.3 Å². The second kappa shape index (κ2) is 5.74. The number of rotatable bonds is 2. The van der Waals surface area contributed by atoms with Crippen molar-refractivity contribution in [3.05, 3.63) is 65.2 Å². The van der Waals surface area contributed by atoms with E-state index in [1.54, 1.807) is 25.3 Å². The zero-order chi connectivity index (χ0) is 13.7. The predicted molar refractivity (Wildman–Crippen MR) is 73.9 cm³/mol. The Morgan fingerprint density at radius 1 is 1.00 bits per heavy atom. The Hall–Kier alpha value is -2.73. The Kier molecular flexibility index (Phi) is 3.84. The fourth-order valence-corrected chi connectivity index (χ4v) is 1.69. The highest BCUT2D eigenvalue weighted by atomic mass is 16.5. The maximum atomic E-state index is 11.3. The molecule has 2 aromatic rings. The first-order valence-electron chi connectivity index (χ1n) is 5.76. The standard InChI is InChI=1S/C16H13NO2/c1-19-15-9-5-3-7-13(15)11-10-12-6-2-4-8-14(12)16(17)18/h2-9H,1H3,(H2,17,18). The van der Waals surface area contributed by atoms with E-state index in [0.29, 0.717) is 16.9 Å². The zero-order valence-corrected chi connectivity index (χ0v) is 10.5. The minimum Gasteiger partial charge on any atom is -0.495 e. The van der Waals surface area contributed by atoms with Gasteiger partial charge in [0.1, 0.15) is 5.75 Å². The summed E-state index contributed by atoms with van der Waals surface area (Å²) < 4.78 is 5.22. The lowest BCUT2D eigenvalue weighted by molar-refractivity contribution is 0.1000. The Balaban J connectivity index is 2.42. The van der Waals surface area contributed by atoms with Crippen molar-refractivity contribution in [1.29, 1.82) is 0 Å². The summed E-state index contributed by atoms with van der Waals surface area (Å²) in [5.41, 5.74) is 7.11. The van der Waals surface area contributed by atoms with Crippen LogP contribution >= 0.6 is 0 Å². The highest BCUT2D eigenvalue weighted by Crippen LogP contribution is 2.16. The average Bonchev–Trinajstić information content (AvgIpc) is 2.45. The van der Waals surface area contributed by atoms with Gasteiger partial charge in [-0.05, 0) is 24.3 Å². The van der Waals surface area contributed by atoms with Gasteiger partial charge in [0, 0.05) is 5.56 Å². The zero-order valence-electron chi connectivity index (χ0n) is 10.5. The van der Waals surface area contributed by atoms with Crippen molar-refractivity contribution >= 4 is 5.91 Å². The van der Waals surface area contributed by atoms with E-state index in [9.17, 15) is 4.79 Å². The van der Waals surface area contributed by atoms with Crippen LogP contribution in [0.25, 0.3) is 0 Å². The summed E-state index contributed by atoms with van der Waals surface area (Å²) in [4.78, 5) is 11.3. The van der Waals surface area contributed by atoms with E-state index in [2.05, 4.69) is 11.8 Å². The van der Waals surface area contributed by atoms with Crippen LogP contribution in [0.3, 0.4) is 0 Å². The van der Waals surface area contributed by atoms with Gasteiger partial charge in [-0.3, -0.25) is 4.79 Å². The van der Waals surface area contributed by atoms with Crippen molar-refractivity contribution < 1.29 is 9.53 Å². The van der Waals surface area contributed by atoms with Gasteiger partial charge in [0.15, 0.2) is 0 Å². The molecule has 19 heavy (non-hydrogen) atoms. The molecule has 0 saturated heterocycles. The molecule has 0 saturated carbocycles. The normalized spacial score (nSPS) is 9.32. The fraction of sp³-hybridized carbons (Fsp3) is 0.0625. The third kappa shape index (κ3) is 2.93. The molecular weight excluding hydrogens is 238 g/mol. The molecule has 94 valence electrons. The molecule has 0 aliphatic heterocycles. The van der Waals surface area contributed by atoms with Crippen LogP contribution in [0.5, 0.6) is 5.75 Å². The monoisotopic (exact) mass is 251 g/mol. The summed E-state index contributed by atoms with van der Waals surface area (Å²) in [6.07, 6.45) is 0. The van der Waals surface area contributed by atoms with E-state index in [4.69, 9.17) is 10.5 Å². The molecule has 3 nitrogen and oxygen atoms in total. The van der Waals surface area contributed by atoms with E-state index in [0.717, 1.165) is 5.56 Å². The average molecular weight is 251 g/mol. The number of para-hydroxylation sites is 1. The second-order valence-electron chi connectivity index (χ2n) is 3.86. The van der Waals surface area contributed by atoms with Gasteiger partial charge in [-0.1, -0.05) is 36.1 Å². The SMILES string of the molecule is COc1ccccc1C#Cc1ccccc1C(N)=O. The van der Waals surface area contributed by atoms with Gasteiger partial charge < -0.3 is 10.5 Å². The van der Waals surface area contributed by atoms with Gasteiger partial charge in [0.25, 0.3) is 0 Å². The minimum atomic E-state index is -0.482. The molecule has 2 N–H and O–H groups in total. The van der Waals surface area contributed by atoms with Crippen LogP contribution < -0.4 is 10.5 Å². The van der Waals surface area contributed by atoms with Gasteiger partial charge >= 0.3 is 0 Å². The molecule has 0 fully saturated rings. The summed E-state index contributed by atoms with van der Waals surface area (Å²) in [7, 11) is 1.60. The van der Waals surface area contributed by atoms with Crippen molar-refractivity contribution in [1.82, 2.24) is 0 Å². The molecule has 0 aromatic heterocycles. The molecule has 0 spiro atoms. The maximum absolute atomic E-state index is 11.3. The quantitative estimate of drug-likeness (QED) is 0.832. The maximum Gasteiger partial charge on any atom is 0.249 e. The molecule has 0 unspecified atom stereocenters. The second-order valence-corrected chi connectivity index (χ2v) is 3.86. The van der Waals surface area contributed by atoms with E-state index in [1.165, 1.54) is 0 Å². The third-order valence-electron chi connectivity index (χ3n) is 2.63. The number of carbonyl (C=O) groups excluding carboxylic acids is 1. The fourth-order valence-electron chi connectivity index (χ4n) is 1.69. The lowest BCUT2D eigenvalue weighted by Gasteiger charge is -2.01. The van der Waals surface area contributed by atoms with Crippen molar-refractivity contribution in [2.75, 3.05) is 7.11 Å². The Morgan fingerprint density at radius 2 is 1.58 bits per heavy atom. The molecule has 0 atom stereocenters. The number of methoxy groups -OCH3 is 1. The van der Waals surface area contributed by atoms with Crippen molar-refractivity contribution in [3.8, 4) is 17.6 Å². The number of amides is 1. The van der Waals surface area contributed by atoms with Crippen LogP contribution in [0.15, 0.2) is 48.5 Å². The van der Waals surface area contributed by atoms with Crippen molar-refractivity contribution in [2.24, 2.45) is 5.73 Å². The van der Waals surface area contributed by atoms with Crippen molar-refractivity contribution in [3.63, 3.8) is 0 Å². The van der Waals surface area contributed by atoms with Crippen LogP contribution in [-0.4, -0.2) is 13.0 Å². The van der Waals surface area contributed by atoms with E-state index < -0.39 is 5.91 Å². The van der Waals surface area contributed by atoms with E-state index in [1.807, 2.05) is 30.3 Å². The highest BCUT2D eigenvalue weighted by molar-refractivity contribution is 5.95. The Labute approximate surface area is 112 Å². The first-order chi connectivity index (χ1) is 9.22. The minimum absolute atomic E-state index is 0.421. The largest absolute Gasteiger partial charge is 0.495 e. The van der Waals surface area contributed by atoms with E-state index in [-0.39, 0.29) is 0 Å². The summed E-state index contributed by atoms with van der Waals surface area (Å²) in [5.74, 6) is 6.17. The van der Waals surface area contributed by atoms with Crippen LogP contribution in [0.2, 0.25) is 0 Å². The third-order valence-corrected chi connectivity index (χ3v) is 2.63. The van der Waals surface area contributed by atoms with Crippen LogP contribution in [0.1, 0.15) is 21.5 Å². The molecule has 2 aromatic carbocycles. The van der Waals surface area contributed by atoms with Gasteiger partial charge in [0.2, 0.25) is 5.91 Å². The highest BCUT2D eigenvalue weighted by Gasteiger charge is 2.04. The van der Waals surface area contributed by atoms with Gasteiger partial charge in [0.05, 0.1) is 18.2 Å². The van der Waals surface area contributed by atoms with Gasteiger partial charge in [-0.15, -0.1) is 0 Å². The Morgan fingerprint density at radius 3 is 2.26 bits per heavy atom. The molecule has 1 amide bonds. The number of benzene rings is 2. The van der Waals surface area contributed by atoms with Crippen LogP contribution in [-0.2, 0) is 0 Å². The molecule has 0 aliphatic carbocycles. The number of hydrogen-bond donors (Lipinski definition) is 1. The predicted octanol–water partition coefficient (Wildman–Crippen LogP) is 2.19. The molecule has 0 aliphatic rings. The molecule has 0 radical (unpaired) electrons. The molecule has 0 heterocycles. The Bertz CT molecular complexity index is 666. The molecule has 3 heteroatoms. The summed E-state index contributed by atoms with van der Waals surface area (Å²) in [6.45, 7) is 0. The molecular formula is C16H13NO2. The number of nitrogens with two attached hydrogens (primary N) is 1. The van der Waals surface area contributed by atoms with Crippen molar-refractivity contribution in [2.45, 2.75) is 0 Å².